The summed E-state index contributed by atoms with van der Waals surface area (Å²) in [5, 5.41) is 13.8. The van der Waals surface area contributed by atoms with Crippen molar-refractivity contribution in [3.8, 4) is 0 Å². The predicted molar refractivity (Wildman–Crippen MR) is 96.3 cm³/mol. The lowest BCUT2D eigenvalue weighted by Crippen LogP contribution is -2.25. The summed E-state index contributed by atoms with van der Waals surface area (Å²) >= 11 is 0. The first-order valence-corrected chi connectivity index (χ1v) is 9.08. The summed E-state index contributed by atoms with van der Waals surface area (Å²) in [5.41, 5.74) is 0.456. The van der Waals surface area contributed by atoms with Crippen LogP contribution in [0.1, 0.15) is 57.8 Å². The fraction of sp³-hybridized carbons (Fsp3) is 0.526. The second-order valence-corrected chi connectivity index (χ2v) is 6.67. The van der Waals surface area contributed by atoms with Gasteiger partial charge in [0, 0.05) is 24.4 Å². The van der Waals surface area contributed by atoms with E-state index in [1.54, 1.807) is 0 Å². The van der Waals surface area contributed by atoms with Crippen LogP contribution < -0.4 is 10.6 Å². The van der Waals surface area contributed by atoms with Crippen molar-refractivity contribution in [3.05, 3.63) is 24.0 Å². The van der Waals surface area contributed by atoms with Gasteiger partial charge in [0.2, 0.25) is 11.8 Å². The Kier molecular flexibility index (Phi) is 7.56. The summed E-state index contributed by atoms with van der Waals surface area (Å²) < 4.78 is 14.0. The Labute approximate surface area is 152 Å². The van der Waals surface area contributed by atoms with Gasteiger partial charge in [0.05, 0.1) is 5.69 Å². The van der Waals surface area contributed by atoms with Gasteiger partial charge < -0.3 is 15.7 Å². The fourth-order valence-corrected chi connectivity index (χ4v) is 3.08. The van der Waals surface area contributed by atoms with E-state index in [9.17, 15) is 18.8 Å². The van der Waals surface area contributed by atoms with Crippen LogP contribution in [0.15, 0.2) is 18.2 Å². The molecule has 2 amide bonds. The normalized spacial score (nSPS) is 14.7. The van der Waals surface area contributed by atoms with Gasteiger partial charge in [0.25, 0.3) is 0 Å². The molecule has 1 fully saturated rings. The van der Waals surface area contributed by atoms with E-state index in [0.29, 0.717) is 18.5 Å². The zero-order valence-electron chi connectivity index (χ0n) is 14.7. The average molecular weight is 364 g/mol. The molecule has 0 radical (unpaired) electrons. The molecule has 0 atom stereocenters. The van der Waals surface area contributed by atoms with E-state index in [1.165, 1.54) is 18.2 Å². The van der Waals surface area contributed by atoms with Gasteiger partial charge in [-0.15, -0.1) is 0 Å². The molecular formula is C19H25FN2O4. The largest absolute Gasteiger partial charge is 0.481 e. The van der Waals surface area contributed by atoms with Crippen molar-refractivity contribution in [2.24, 2.45) is 5.92 Å². The van der Waals surface area contributed by atoms with Crippen LogP contribution in [0.4, 0.5) is 15.8 Å². The predicted octanol–water partition coefficient (Wildman–Crippen LogP) is 3.93. The Hall–Kier alpha value is -2.44. The Balaban J connectivity index is 1.88. The number of aliphatic carboxylic acids is 1. The van der Waals surface area contributed by atoms with E-state index in [-0.39, 0.29) is 36.3 Å². The minimum absolute atomic E-state index is 0.0289. The van der Waals surface area contributed by atoms with Crippen molar-refractivity contribution in [3.63, 3.8) is 0 Å². The van der Waals surface area contributed by atoms with Crippen molar-refractivity contribution in [1.29, 1.82) is 0 Å². The number of rotatable bonds is 8. The highest BCUT2D eigenvalue weighted by molar-refractivity contribution is 5.95. The third-order valence-electron chi connectivity index (χ3n) is 4.53. The van der Waals surface area contributed by atoms with Crippen LogP contribution >= 0.6 is 0 Å². The van der Waals surface area contributed by atoms with Gasteiger partial charge in [-0.3, -0.25) is 14.4 Å². The first-order chi connectivity index (χ1) is 12.5. The van der Waals surface area contributed by atoms with Crippen LogP contribution in [-0.2, 0) is 14.4 Å². The van der Waals surface area contributed by atoms with Gasteiger partial charge in [-0.1, -0.05) is 19.3 Å². The number of hydrogen-bond acceptors (Lipinski definition) is 3. The van der Waals surface area contributed by atoms with Gasteiger partial charge >= 0.3 is 5.97 Å². The van der Waals surface area contributed by atoms with Crippen LogP contribution in [0.25, 0.3) is 0 Å². The van der Waals surface area contributed by atoms with E-state index in [1.807, 2.05) is 0 Å². The van der Waals surface area contributed by atoms with Crippen molar-refractivity contribution in [2.45, 2.75) is 57.8 Å². The molecule has 0 saturated heterocycles. The molecule has 3 N–H and O–H groups in total. The fourth-order valence-electron chi connectivity index (χ4n) is 3.08. The number of halogens is 1. The number of unbranched alkanes of at least 4 members (excludes halogenated alkanes) is 1. The maximum absolute atomic E-state index is 14.0. The second-order valence-electron chi connectivity index (χ2n) is 6.67. The average Bonchev–Trinajstić information content (AvgIpc) is 2.62. The molecule has 1 saturated carbocycles. The second kappa shape index (κ2) is 9.89. The minimum atomic E-state index is -0.887. The van der Waals surface area contributed by atoms with Crippen LogP contribution in [0, 0.1) is 11.7 Å². The topological polar surface area (TPSA) is 95.5 Å². The van der Waals surface area contributed by atoms with Crippen molar-refractivity contribution in [1.82, 2.24) is 0 Å². The zero-order valence-corrected chi connectivity index (χ0v) is 14.7. The summed E-state index contributed by atoms with van der Waals surface area (Å²) in [5.74, 6) is -1.97. The molecule has 6 nitrogen and oxygen atoms in total. The van der Waals surface area contributed by atoms with Crippen molar-refractivity contribution in [2.75, 3.05) is 10.6 Å². The summed E-state index contributed by atoms with van der Waals surface area (Å²) in [6.45, 7) is 0. The maximum Gasteiger partial charge on any atom is 0.303 e. The van der Waals surface area contributed by atoms with Crippen LogP contribution in [0.5, 0.6) is 0 Å². The quantitative estimate of drug-likeness (QED) is 0.609. The number of anilines is 2. The molecular weight excluding hydrogens is 339 g/mol. The van der Waals surface area contributed by atoms with Crippen molar-refractivity contribution >= 4 is 29.2 Å². The molecule has 1 aromatic rings. The van der Waals surface area contributed by atoms with E-state index in [0.717, 1.165) is 32.1 Å². The monoisotopic (exact) mass is 364 g/mol. The van der Waals surface area contributed by atoms with E-state index in [4.69, 9.17) is 5.11 Å². The number of nitrogens with one attached hydrogen (secondary N) is 2. The standard InChI is InChI=1S/C19H25FN2O4/c20-15-11-10-14(21-17(23)8-4-5-9-18(24)25)12-16(15)22-19(26)13-6-2-1-3-7-13/h10-13H,1-9H2,(H,21,23)(H,22,26)(H,24,25). The molecule has 0 bridgehead atoms. The number of carboxylic acid groups (broad SMARTS) is 1. The lowest BCUT2D eigenvalue weighted by molar-refractivity contribution is -0.137. The van der Waals surface area contributed by atoms with E-state index >= 15 is 0 Å². The van der Waals surface area contributed by atoms with Gasteiger partial charge in [0.15, 0.2) is 0 Å². The lowest BCUT2D eigenvalue weighted by Gasteiger charge is -2.21. The molecule has 0 spiro atoms. The Morgan fingerprint density at radius 3 is 2.42 bits per heavy atom. The third-order valence-corrected chi connectivity index (χ3v) is 4.53. The summed E-state index contributed by atoms with van der Waals surface area (Å²) in [7, 11) is 0. The minimum Gasteiger partial charge on any atom is -0.481 e. The first kappa shape index (κ1) is 19.9. The maximum atomic E-state index is 14.0. The molecule has 0 unspecified atom stereocenters. The summed E-state index contributed by atoms with van der Waals surface area (Å²) in [6.07, 6.45) is 5.90. The first-order valence-electron chi connectivity index (χ1n) is 9.08. The highest BCUT2D eigenvalue weighted by atomic mass is 19.1. The van der Waals surface area contributed by atoms with Crippen LogP contribution in [0.2, 0.25) is 0 Å². The third kappa shape index (κ3) is 6.46. The molecule has 0 aromatic heterocycles. The lowest BCUT2D eigenvalue weighted by atomic mass is 9.88. The molecule has 0 heterocycles. The number of benzene rings is 1. The Morgan fingerprint density at radius 2 is 1.73 bits per heavy atom. The highest BCUT2D eigenvalue weighted by Crippen LogP contribution is 2.26. The molecule has 26 heavy (non-hydrogen) atoms. The van der Waals surface area contributed by atoms with Gasteiger partial charge in [-0.05, 0) is 43.9 Å². The van der Waals surface area contributed by atoms with Crippen LogP contribution in [0.3, 0.4) is 0 Å². The van der Waals surface area contributed by atoms with Crippen LogP contribution in [-0.4, -0.2) is 22.9 Å². The zero-order chi connectivity index (χ0) is 18.9. The van der Waals surface area contributed by atoms with Crippen molar-refractivity contribution < 1.29 is 23.9 Å². The highest BCUT2D eigenvalue weighted by Gasteiger charge is 2.22. The number of carboxylic acids is 1. The van der Waals surface area contributed by atoms with E-state index < -0.39 is 11.8 Å². The molecule has 0 aliphatic heterocycles. The summed E-state index contributed by atoms with van der Waals surface area (Å²) in [6, 6.07) is 4.04. The van der Waals surface area contributed by atoms with Gasteiger partial charge in [-0.2, -0.15) is 0 Å². The molecule has 142 valence electrons. The van der Waals surface area contributed by atoms with E-state index in [2.05, 4.69) is 10.6 Å². The summed E-state index contributed by atoms with van der Waals surface area (Å²) in [4.78, 5) is 34.6. The van der Waals surface area contributed by atoms with Gasteiger partial charge in [0.1, 0.15) is 5.82 Å². The molecule has 7 heteroatoms. The Morgan fingerprint density at radius 1 is 1.04 bits per heavy atom. The number of amides is 2. The number of hydrogen-bond donors (Lipinski definition) is 3. The number of carbonyl (C=O) groups is 3. The molecule has 1 aliphatic carbocycles. The number of carbonyl (C=O) groups excluding carboxylic acids is 2. The molecule has 1 aliphatic rings. The Bertz CT molecular complexity index is 657. The molecule has 2 rings (SSSR count). The molecule has 1 aromatic carbocycles. The van der Waals surface area contributed by atoms with Gasteiger partial charge in [-0.25, -0.2) is 4.39 Å². The smallest absolute Gasteiger partial charge is 0.303 e. The SMILES string of the molecule is O=C(O)CCCCC(=O)Nc1ccc(F)c(NC(=O)C2CCCCC2)c1.